The van der Waals surface area contributed by atoms with Crippen LogP contribution < -0.4 is 0 Å². The zero-order valence-electron chi connectivity index (χ0n) is 15.4. The first-order chi connectivity index (χ1) is 13.7. The van der Waals surface area contributed by atoms with Gasteiger partial charge in [-0.2, -0.15) is 10.1 Å². The Balaban J connectivity index is 1.29. The topological polar surface area (TPSA) is 64.9 Å². The molecule has 0 radical (unpaired) electrons. The van der Waals surface area contributed by atoms with Crippen LogP contribution in [0.2, 0.25) is 0 Å². The lowest BCUT2D eigenvalue weighted by Crippen LogP contribution is -2.36. The molecule has 3 aromatic rings. The van der Waals surface area contributed by atoms with Crippen LogP contribution in [0.3, 0.4) is 0 Å². The van der Waals surface area contributed by atoms with Crippen LogP contribution in [-0.2, 0) is 6.67 Å². The van der Waals surface area contributed by atoms with Gasteiger partial charge in [0.25, 0.3) is 0 Å². The fraction of sp³-hybridized carbons (Fsp3) is 0.474. The zero-order chi connectivity index (χ0) is 19.1. The number of likely N-dealkylation sites (tertiary alicyclic amines) is 1. The van der Waals surface area contributed by atoms with Crippen LogP contribution in [-0.4, -0.2) is 42.5 Å². The van der Waals surface area contributed by atoms with Crippen molar-refractivity contribution in [3.63, 3.8) is 0 Å². The van der Waals surface area contributed by atoms with Gasteiger partial charge in [-0.25, -0.2) is 9.07 Å². The third-order valence-corrected chi connectivity index (χ3v) is 5.83. The third kappa shape index (κ3) is 3.51. The molecule has 1 aliphatic carbocycles. The molecule has 7 nitrogen and oxygen atoms in total. The second-order valence-corrected chi connectivity index (χ2v) is 7.94. The Labute approximate surface area is 166 Å². The number of hydrogen-bond donors (Lipinski definition) is 0. The molecule has 2 fully saturated rings. The number of hydrogen-bond acceptors (Lipinski definition) is 6. The van der Waals surface area contributed by atoms with E-state index < -0.39 is 0 Å². The molecule has 146 valence electrons. The van der Waals surface area contributed by atoms with Crippen LogP contribution in [0.15, 0.2) is 35.1 Å². The summed E-state index contributed by atoms with van der Waals surface area (Å²) in [6, 6.07) is 6.78. The van der Waals surface area contributed by atoms with Gasteiger partial charge in [-0.15, -0.1) is 0 Å². The van der Waals surface area contributed by atoms with Crippen molar-refractivity contribution >= 4 is 12.2 Å². The van der Waals surface area contributed by atoms with Crippen molar-refractivity contribution < 1.29 is 8.91 Å². The zero-order valence-corrected chi connectivity index (χ0v) is 16.2. The average molecular weight is 400 g/mol. The Kier molecular flexibility index (Phi) is 4.56. The summed E-state index contributed by atoms with van der Waals surface area (Å²) in [5.41, 5.74) is 0.625. The second kappa shape index (κ2) is 7.21. The van der Waals surface area contributed by atoms with E-state index in [9.17, 15) is 4.39 Å². The molecule has 1 saturated carbocycles. The molecule has 0 amide bonds. The Morgan fingerprint density at radius 2 is 2.14 bits per heavy atom. The Morgan fingerprint density at radius 3 is 2.96 bits per heavy atom. The monoisotopic (exact) mass is 400 g/mol. The van der Waals surface area contributed by atoms with Gasteiger partial charge in [0.05, 0.1) is 12.6 Å². The van der Waals surface area contributed by atoms with Crippen LogP contribution in [0, 0.1) is 10.6 Å². The van der Waals surface area contributed by atoms with Gasteiger partial charge < -0.3 is 9.09 Å². The van der Waals surface area contributed by atoms with Crippen molar-refractivity contribution in [3.05, 3.63) is 47.1 Å². The standard InChI is InChI=1S/C19H21FN6OS/c20-15-5-1-3-13(9-15)17-22-18(27-23-17)14-4-2-8-24(10-14)12-26-19(28)25(11-21-26)16-6-7-16/h1,3,5,9,11,14,16H,2,4,6-8,10,12H2. The molecule has 1 atom stereocenters. The number of nitrogens with zero attached hydrogens (tertiary/aromatic N) is 6. The summed E-state index contributed by atoms with van der Waals surface area (Å²) >= 11 is 5.57. The highest BCUT2D eigenvalue weighted by molar-refractivity contribution is 7.71. The minimum absolute atomic E-state index is 0.156. The van der Waals surface area contributed by atoms with E-state index in [2.05, 4.69) is 24.7 Å². The Bertz CT molecular complexity index is 1040. The fourth-order valence-corrected chi connectivity index (χ4v) is 4.07. The van der Waals surface area contributed by atoms with E-state index in [0.29, 0.717) is 30.0 Å². The fourth-order valence-electron chi connectivity index (χ4n) is 3.77. The van der Waals surface area contributed by atoms with Crippen molar-refractivity contribution in [2.75, 3.05) is 13.1 Å². The molecule has 0 spiro atoms. The highest BCUT2D eigenvalue weighted by atomic mass is 32.1. The minimum atomic E-state index is -0.310. The van der Waals surface area contributed by atoms with Crippen molar-refractivity contribution in [1.82, 2.24) is 29.4 Å². The first-order valence-electron chi connectivity index (χ1n) is 9.63. The number of piperidine rings is 1. The van der Waals surface area contributed by atoms with E-state index in [1.165, 1.54) is 25.0 Å². The largest absolute Gasteiger partial charge is 0.339 e. The minimum Gasteiger partial charge on any atom is -0.339 e. The highest BCUT2D eigenvalue weighted by Crippen LogP contribution is 2.35. The van der Waals surface area contributed by atoms with E-state index in [4.69, 9.17) is 16.7 Å². The van der Waals surface area contributed by atoms with Crippen molar-refractivity contribution in [2.24, 2.45) is 0 Å². The molecule has 1 aromatic carbocycles. The Hall–Kier alpha value is -2.39. The second-order valence-electron chi connectivity index (χ2n) is 7.58. The molecule has 3 heterocycles. The summed E-state index contributed by atoms with van der Waals surface area (Å²) in [6.45, 7) is 2.46. The molecule has 2 aliphatic rings. The van der Waals surface area contributed by atoms with Crippen LogP contribution >= 0.6 is 12.2 Å². The van der Waals surface area contributed by atoms with Gasteiger partial charge in [0.15, 0.2) is 4.77 Å². The molecule has 28 heavy (non-hydrogen) atoms. The van der Waals surface area contributed by atoms with Gasteiger partial charge in [0.2, 0.25) is 11.7 Å². The lowest BCUT2D eigenvalue weighted by atomic mass is 9.98. The number of halogens is 1. The first-order valence-corrected chi connectivity index (χ1v) is 10.0. The molecule has 0 N–H and O–H groups in total. The van der Waals surface area contributed by atoms with Gasteiger partial charge in [0, 0.05) is 18.2 Å². The summed E-state index contributed by atoms with van der Waals surface area (Å²) in [4.78, 5) is 6.84. The first kappa shape index (κ1) is 17.7. The predicted octanol–water partition coefficient (Wildman–Crippen LogP) is 3.78. The van der Waals surface area contributed by atoms with E-state index >= 15 is 0 Å². The normalized spacial score (nSPS) is 20.5. The van der Waals surface area contributed by atoms with Crippen LogP contribution in [0.4, 0.5) is 4.39 Å². The van der Waals surface area contributed by atoms with Crippen molar-refractivity contribution in [1.29, 1.82) is 0 Å². The number of aromatic nitrogens is 5. The van der Waals surface area contributed by atoms with Crippen molar-refractivity contribution in [3.8, 4) is 11.4 Å². The molecule has 0 bridgehead atoms. The average Bonchev–Trinajstić information content (AvgIpc) is 3.30. The van der Waals surface area contributed by atoms with Crippen LogP contribution in [0.1, 0.15) is 43.5 Å². The summed E-state index contributed by atoms with van der Waals surface area (Å²) in [7, 11) is 0. The van der Waals surface area contributed by atoms with E-state index in [-0.39, 0.29) is 11.7 Å². The maximum Gasteiger partial charge on any atom is 0.231 e. The summed E-state index contributed by atoms with van der Waals surface area (Å²) in [5, 5.41) is 8.51. The number of benzene rings is 1. The lowest BCUT2D eigenvalue weighted by molar-refractivity contribution is 0.143. The van der Waals surface area contributed by atoms with Gasteiger partial charge in [-0.1, -0.05) is 17.3 Å². The molecule has 5 rings (SSSR count). The molecule has 1 unspecified atom stereocenters. The quantitative estimate of drug-likeness (QED) is 0.608. The molecule has 2 aromatic heterocycles. The molecule has 9 heteroatoms. The van der Waals surface area contributed by atoms with E-state index in [0.717, 1.165) is 30.7 Å². The molecular formula is C19H21FN6OS. The van der Waals surface area contributed by atoms with Crippen LogP contribution in [0.5, 0.6) is 0 Å². The summed E-state index contributed by atoms with van der Waals surface area (Å²) in [6.07, 6.45) is 6.26. The van der Waals surface area contributed by atoms with E-state index in [1.807, 2.05) is 11.0 Å². The smallest absolute Gasteiger partial charge is 0.231 e. The lowest BCUT2D eigenvalue weighted by Gasteiger charge is -2.30. The maximum atomic E-state index is 13.4. The summed E-state index contributed by atoms with van der Waals surface area (Å²) < 4.78 is 23.7. The maximum absolute atomic E-state index is 13.4. The SMILES string of the molecule is Fc1cccc(-c2noc(C3CCCN(Cn4ncn(C5CC5)c4=S)C3)n2)c1. The van der Waals surface area contributed by atoms with Gasteiger partial charge in [-0.3, -0.25) is 4.90 Å². The van der Waals surface area contributed by atoms with Gasteiger partial charge in [0.1, 0.15) is 12.1 Å². The third-order valence-electron chi connectivity index (χ3n) is 5.41. The summed E-state index contributed by atoms with van der Waals surface area (Å²) in [5.74, 6) is 0.881. The molecule has 1 aliphatic heterocycles. The molecule has 1 saturated heterocycles. The highest BCUT2D eigenvalue weighted by Gasteiger charge is 2.28. The van der Waals surface area contributed by atoms with E-state index in [1.54, 1.807) is 12.1 Å². The van der Waals surface area contributed by atoms with Crippen molar-refractivity contribution in [2.45, 2.75) is 44.3 Å². The molecular weight excluding hydrogens is 379 g/mol. The predicted molar refractivity (Wildman–Crippen MR) is 103 cm³/mol. The van der Waals surface area contributed by atoms with Gasteiger partial charge in [-0.05, 0) is 56.6 Å². The van der Waals surface area contributed by atoms with Crippen LogP contribution in [0.25, 0.3) is 11.4 Å². The van der Waals surface area contributed by atoms with Gasteiger partial charge >= 0.3 is 0 Å². The number of rotatable bonds is 5. The Morgan fingerprint density at radius 1 is 1.25 bits per heavy atom.